The highest BCUT2D eigenvalue weighted by atomic mass is 127. The second kappa shape index (κ2) is 4.56. The van der Waals surface area contributed by atoms with Gasteiger partial charge in [-0.3, -0.25) is 14.9 Å². The van der Waals surface area contributed by atoms with E-state index in [9.17, 15) is 14.9 Å². The van der Waals surface area contributed by atoms with E-state index >= 15 is 0 Å². The molecule has 5 nitrogen and oxygen atoms in total. The molecule has 0 saturated carbocycles. The average Bonchev–Trinajstić information content (AvgIpc) is 2.16. The number of nitro benzene ring substituents is 1. The number of carbonyl (C=O) groups is 1. The summed E-state index contributed by atoms with van der Waals surface area (Å²) in [6.45, 7) is 1.36. The van der Waals surface area contributed by atoms with E-state index in [2.05, 4.69) is 0 Å². The van der Waals surface area contributed by atoms with Crippen molar-refractivity contribution < 1.29 is 14.5 Å². The number of hydrogen-bond donors (Lipinski definition) is 0. The first kappa shape index (κ1) is 11.9. The lowest BCUT2D eigenvalue weighted by Gasteiger charge is -2.05. The fourth-order valence-corrected chi connectivity index (χ4v) is 1.95. The first-order valence-electron chi connectivity index (χ1n) is 4.00. The van der Waals surface area contributed by atoms with E-state index in [-0.39, 0.29) is 17.2 Å². The van der Waals surface area contributed by atoms with Crippen molar-refractivity contribution in [1.82, 2.24) is 0 Å². The highest BCUT2D eigenvalue weighted by Gasteiger charge is 2.20. The maximum absolute atomic E-state index is 11.1. The van der Waals surface area contributed by atoms with Crippen LogP contribution in [0.1, 0.15) is 17.3 Å². The van der Waals surface area contributed by atoms with Gasteiger partial charge in [0.25, 0.3) is 0 Å². The van der Waals surface area contributed by atoms with E-state index < -0.39 is 4.92 Å². The van der Waals surface area contributed by atoms with Crippen LogP contribution in [0.15, 0.2) is 12.1 Å². The molecule has 1 aromatic carbocycles. The van der Waals surface area contributed by atoms with Crippen LogP contribution in [0, 0.1) is 13.7 Å². The summed E-state index contributed by atoms with van der Waals surface area (Å²) in [5.74, 6) is -0.0238. The van der Waals surface area contributed by atoms with Gasteiger partial charge >= 0.3 is 5.69 Å². The molecule has 0 aliphatic rings. The molecule has 0 spiro atoms. The zero-order chi connectivity index (χ0) is 11.6. The summed E-state index contributed by atoms with van der Waals surface area (Å²) in [5.41, 5.74) is 0.126. The summed E-state index contributed by atoms with van der Waals surface area (Å²) in [6.07, 6.45) is 0. The van der Waals surface area contributed by atoms with E-state index in [1.54, 1.807) is 6.07 Å². The van der Waals surface area contributed by atoms with Gasteiger partial charge in [-0.1, -0.05) is 0 Å². The van der Waals surface area contributed by atoms with Crippen LogP contribution in [0.3, 0.4) is 0 Å². The third-order valence-corrected chi connectivity index (χ3v) is 2.63. The van der Waals surface area contributed by atoms with Gasteiger partial charge < -0.3 is 4.74 Å². The minimum atomic E-state index is -0.562. The zero-order valence-electron chi connectivity index (χ0n) is 8.11. The standard InChI is InChI=1S/C9H8INO4/c1-5(12)6-3-7(10)9(15-2)8(4-6)11(13)14/h3-4H,1-2H3. The van der Waals surface area contributed by atoms with Gasteiger partial charge in [-0.15, -0.1) is 0 Å². The van der Waals surface area contributed by atoms with E-state index in [1.807, 2.05) is 22.6 Å². The number of rotatable bonds is 3. The summed E-state index contributed by atoms with van der Waals surface area (Å²) in [5, 5.41) is 10.7. The Labute approximate surface area is 99.7 Å². The Hall–Kier alpha value is -1.18. The minimum absolute atomic E-state index is 0.186. The summed E-state index contributed by atoms with van der Waals surface area (Å²) < 4.78 is 5.46. The van der Waals surface area contributed by atoms with Crippen LogP contribution in [0.4, 0.5) is 5.69 Å². The molecule has 0 aliphatic carbocycles. The predicted octanol–water partition coefficient (Wildman–Crippen LogP) is 2.41. The molecule has 0 unspecified atom stereocenters. The van der Waals surface area contributed by atoms with Crippen molar-refractivity contribution in [1.29, 1.82) is 0 Å². The maximum atomic E-state index is 11.1. The van der Waals surface area contributed by atoms with Crippen molar-refractivity contribution in [2.45, 2.75) is 6.92 Å². The van der Waals surface area contributed by atoms with Crippen molar-refractivity contribution in [3.63, 3.8) is 0 Å². The zero-order valence-corrected chi connectivity index (χ0v) is 10.3. The fraction of sp³-hybridized carbons (Fsp3) is 0.222. The third kappa shape index (κ3) is 2.44. The molecule has 1 rings (SSSR count). The number of Topliss-reactive ketones (excluding diaryl/α,β-unsaturated/α-hetero) is 1. The van der Waals surface area contributed by atoms with E-state index in [0.717, 1.165) is 0 Å². The molecule has 1 aromatic rings. The lowest BCUT2D eigenvalue weighted by atomic mass is 10.1. The van der Waals surface area contributed by atoms with Crippen molar-refractivity contribution in [3.05, 3.63) is 31.4 Å². The Bertz CT molecular complexity index is 430. The van der Waals surface area contributed by atoms with Crippen LogP contribution in [0.2, 0.25) is 0 Å². The number of halogens is 1. The molecular weight excluding hydrogens is 313 g/mol. The monoisotopic (exact) mass is 321 g/mol. The smallest absolute Gasteiger partial charge is 0.312 e. The summed E-state index contributed by atoms with van der Waals surface area (Å²) in [4.78, 5) is 21.3. The van der Waals surface area contributed by atoms with Gasteiger partial charge in [0.15, 0.2) is 5.78 Å². The molecule has 0 aromatic heterocycles. The van der Waals surface area contributed by atoms with Gasteiger partial charge in [-0.2, -0.15) is 0 Å². The van der Waals surface area contributed by atoms with Crippen LogP contribution in [-0.2, 0) is 0 Å². The number of nitrogens with zero attached hydrogens (tertiary/aromatic N) is 1. The average molecular weight is 321 g/mol. The van der Waals surface area contributed by atoms with Gasteiger partial charge in [-0.05, 0) is 35.6 Å². The van der Waals surface area contributed by atoms with Crippen molar-refractivity contribution >= 4 is 34.1 Å². The molecular formula is C9H8INO4. The number of ketones is 1. The lowest BCUT2D eigenvalue weighted by Crippen LogP contribution is -2.00. The van der Waals surface area contributed by atoms with Crippen molar-refractivity contribution in [3.8, 4) is 5.75 Å². The fourth-order valence-electron chi connectivity index (χ4n) is 1.12. The topological polar surface area (TPSA) is 69.4 Å². The Morgan fingerprint density at radius 2 is 2.13 bits per heavy atom. The Kier molecular flexibility index (Phi) is 3.61. The predicted molar refractivity (Wildman–Crippen MR) is 62.4 cm³/mol. The molecule has 0 fully saturated rings. The Balaban J connectivity index is 3.45. The molecule has 0 atom stereocenters. The number of ether oxygens (including phenoxy) is 1. The molecule has 15 heavy (non-hydrogen) atoms. The molecule has 0 radical (unpaired) electrons. The maximum Gasteiger partial charge on any atom is 0.312 e. The van der Waals surface area contributed by atoms with Gasteiger partial charge in [0.1, 0.15) is 0 Å². The van der Waals surface area contributed by atoms with Crippen LogP contribution < -0.4 is 4.74 Å². The Morgan fingerprint density at radius 1 is 1.53 bits per heavy atom. The van der Waals surface area contributed by atoms with Gasteiger partial charge in [-0.25, -0.2) is 0 Å². The summed E-state index contributed by atoms with van der Waals surface area (Å²) in [7, 11) is 1.36. The molecule has 0 bridgehead atoms. The first-order chi connectivity index (χ1) is 6.97. The molecule has 0 aliphatic heterocycles. The van der Waals surface area contributed by atoms with E-state index in [4.69, 9.17) is 4.74 Å². The highest BCUT2D eigenvalue weighted by Crippen LogP contribution is 2.33. The Morgan fingerprint density at radius 3 is 2.53 bits per heavy atom. The number of methoxy groups -OCH3 is 1. The molecule has 0 saturated heterocycles. The minimum Gasteiger partial charge on any atom is -0.489 e. The van der Waals surface area contributed by atoms with Crippen LogP contribution in [0.25, 0.3) is 0 Å². The van der Waals surface area contributed by atoms with Crippen molar-refractivity contribution in [2.75, 3.05) is 7.11 Å². The molecule has 0 heterocycles. The highest BCUT2D eigenvalue weighted by molar-refractivity contribution is 14.1. The quantitative estimate of drug-likeness (QED) is 0.371. The largest absolute Gasteiger partial charge is 0.489 e. The van der Waals surface area contributed by atoms with Crippen molar-refractivity contribution in [2.24, 2.45) is 0 Å². The second-order valence-electron chi connectivity index (χ2n) is 2.82. The van der Waals surface area contributed by atoms with Gasteiger partial charge in [0.2, 0.25) is 5.75 Å². The molecule has 0 N–H and O–H groups in total. The molecule has 6 heteroatoms. The summed E-state index contributed by atoms with van der Waals surface area (Å²) in [6, 6.07) is 2.79. The number of hydrogen-bond acceptors (Lipinski definition) is 4. The molecule has 80 valence electrons. The van der Waals surface area contributed by atoms with Crippen LogP contribution >= 0.6 is 22.6 Å². The van der Waals surface area contributed by atoms with Crippen LogP contribution in [0.5, 0.6) is 5.75 Å². The normalized spacial score (nSPS) is 9.80. The SMILES string of the molecule is COc1c(I)cc(C(C)=O)cc1[N+](=O)[O-]. The van der Waals surface area contributed by atoms with E-state index in [1.165, 1.54) is 20.1 Å². The van der Waals surface area contributed by atoms with E-state index in [0.29, 0.717) is 9.13 Å². The lowest BCUT2D eigenvalue weighted by molar-refractivity contribution is -0.385. The van der Waals surface area contributed by atoms with Gasteiger partial charge in [0, 0.05) is 11.6 Å². The number of benzene rings is 1. The second-order valence-corrected chi connectivity index (χ2v) is 3.99. The molecule has 0 amide bonds. The van der Waals surface area contributed by atoms with Crippen LogP contribution in [-0.4, -0.2) is 17.8 Å². The summed E-state index contributed by atoms with van der Waals surface area (Å²) >= 11 is 1.90. The number of carbonyl (C=O) groups excluding carboxylic acids is 1. The third-order valence-electron chi connectivity index (χ3n) is 1.83. The first-order valence-corrected chi connectivity index (χ1v) is 5.08. The number of nitro groups is 1. The van der Waals surface area contributed by atoms with Gasteiger partial charge in [0.05, 0.1) is 15.6 Å².